The van der Waals surface area contributed by atoms with Crippen molar-refractivity contribution < 1.29 is 4.79 Å². The lowest BCUT2D eigenvalue weighted by atomic mass is 10.1. The summed E-state index contributed by atoms with van der Waals surface area (Å²) in [5.41, 5.74) is 2.86. The maximum atomic E-state index is 12.6. The van der Waals surface area contributed by atoms with Crippen molar-refractivity contribution in [3.63, 3.8) is 0 Å². The Bertz CT molecular complexity index is 911. The number of carbonyl (C=O) groups is 1. The number of carbonyl (C=O) groups excluding carboxylic acids is 1. The summed E-state index contributed by atoms with van der Waals surface area (Å²) in [5.74, 6) is 1.58. The van der Waals surface area contributed by atoms with E-state index >= 15 is 0 Å². The molecule has 1 fully saturated rings. The maximum Gasteiger partial charge on any atom is 0.224 e. The largest absolute Gasteiger partial charge is 0.342 e. The lowest BCUT2D eigenvalue weighted by Gasteiger charge is -2.16. The SMILES string of the molecule is Cc1cn(C)c([C@H]2CCN(C(=O)CCn3nnc4ccccc43)C2)n1. The summed E-state index contributed by atoms with van der Waals surface area (Å²) in [6, 6.07) is 7.82. The van der Waals surface area contributed by atoms with Crippen LogP contribution in [0.2, 0.25) is 0 Å². The van der Waals surface area contributed by atoms with Crippen LogP contribution in [0.25, 0.3) is 11.0 Å². The van der Waals surface area contributed by atoms with E-state index in [1.165, 1.54) is 0 Å². The number of benzene rings is 1. The Morgan fingerprint density at radius 1 is 1.32 bits per heavy atom. The van der Waals surface area contributed by atoms with Crippen LogP contribution < -0.4 is 0 Å². The number of imidazole rings is 1. The summed E-state index contributed by atoms with van der Waals surface area (Å²) >= 11 is 0. The first-order chi connectivity index (χ1) is 12.1. The molecule has 3 aromatic rings. The number of likely N-dealkylation sites (tertiary alicyclic amines) is 1. The summed E-state index contributed by atoms with van der Waals surface area (Å²) in [7, 11) is 2.02. The van der Waals surface area contributed by atoms with Crippen molar-refractivity contribution in [3.8, 4) is 0 Å². The minimum Gasteiger partial charge on any atom is -0.342 e. The molecular weight excluding hydrogens is 316 g/mol. The predicted octanol–water partition coefficient (Wildman–Crippen LogP) is 1.88. The quantitative estimate of drug-likeness (QED) is 0.728. The van der Waals surface area contributed by atoms with Gasteiger partial charge in [0.15, 0.2) is 0 Å². The van der Waals surface area contributed by atoms with E-state index in [0.717, 1.165) is 42.1 Å². The fourth-order valence-electron chi connectivity index (χ4n) is 3.65. The zero-order chi connectivity index (χ0) is 17.4. The van der Waals surface area contributed by atoms with Gasteiger partial charge in [-0.15, -0.1) is 5.10 Å². The molecule has 2 aromatic heterocycles. The topological polar surface area (TPSA) is 68.8 Å². The van der Waals surface area contributed by atoms with Crippen molar-refractivity contribution in [2.24, 2.45) is 7.05 Å². The Morgan fingerprint density at radius 2 is 2.16 bits per heavy atom. The lowest BCUT2D eigenvalue weighted by molar-refractivity contribution is -0.130. The Labute approximate surface area is 146 Å². The van der Waals surface area contributed by atoms with Gasteiger partial charge in [0.1, 0.15) is 11.3 Å². The monoisotopic (exact) mass is 338 g/mol. The van der Waals surface area contributed by atoms with Crippen LogP contribution in [0.5, 0.6) is 0 Å². The van der Waals surface area contributed by atoms with Crippen LogP contribution >= 0.6 is 0 Å². The predicted molar refractivity (Wildman–Crippen MR) is 94.0 cm³/mol. The van der Waals surface area contributed by atoms with Gasteiger partial charge in [0.05, 0.1) is 17.8 Å². The molecule has 0 spiro atoms. The zero-order valence-corrected chi connectivity index (χ0v) is 14.6. The average Bonchev–Trinajstić information content (AvgIpc) is 3.31. The highest BCUT2D eigenvalue weighted by atomic mass is 16.2. The second-order valence-electron chi connectivity index (χ2n) is 6.73. The van der Waals surface area contributed by atoms with Crippen molar-refractivity contribution >= 4 is 16.9 Å². The molecule has 0 unspecified atom stereocenters. The molecule has 0 N–H and O–H groups in total. The molecule has 1 amide bonds. The number of nitrogens with zero attached hydrogens (tertiary/aromatic N) is 6. The third-order valence-corrected chi connectivity index (χ3v) is 4.90. The number of hydrogen-bond donors (Lipinski definition) is 0. The zero-order valence-electron chi connectivity index (χ0n) is 14.6. The van der Waals surface area contributed by atoms with Crippen LogP contribution in [0.3, 0.4) is 0 Å². The molecule has 7 heteroatoms. The van der Waals surface area contributed by atoms with Gasteiger partial charge in [0.25, 0.3) is 0 Å². The highest BCUT2D eigenvalue weighted by Gasteiger charge is 2.29. The molecule has 1 aromatic carbocycles. The molecule has 7 nitrogen and oxygen atoms in total. The van der Waals surface area contributed by atoms with Gasteiger partial charge in [-0.1, -0.05) is 17.3 Å². The number of para-hydroxylation sites is 1. The van der Waals surface area contributed by atoms with Crippen LogP contribution in [0.15, 0.2) is 30.5 Å². The first-order valence-corrected chi connectivity index (χ1v) is 8.67. The van der Waals surface area contributed by atoms with Gasteiger partial charge in [-0.2, -0.15) is 0 Å². The molecule has 3 heterocycles. The van der Waals surface area contributed by atoms with Crippen LogP contribution in [0.4, 0.5) is 0 Å². The van der Waals surface area contributed by atoms with Gasteiger partial charge in [-0.3, -0.25) is 4.79 Å². The van der Waals surface area contributed by atoms with E-state index in [9.17, 15) is 4.79 Å². The normalized spacial score (nSPS) is 17.5. The van der Waals surface area contributed by atoms with E-state index in [4.69, 9.17) is 0 Å². The summed E-state index contributed by atoms with van der Waals surface area (Å²) < 4.78 is 3.89. The molecule has 1 saturated heterocycles. The fraction of sp³-hybridized carbons (Fsp3) is 0.444. The number of fused-ring (bicyclic) bond motifs is 1. The van der Waals surface area contributed by atoms with Gasteiger partial charge in [0, 0.05) is 38.7 Å². The Morgan fingerprint density at radius 3 is 2.96 bits per heavy atom. The van der Waals surface area contributed by atoms with Gasteiger partial charge >= 0.3 is 0 Å². The molecule has 1 atom stereocenters. The molecule has 1 aliphatic rings. The molecular formula is C18H22N6O. The molecule has 0 saturated carbocycles. The van der Waals surface area contributed by atoms with Crippen molar-refractivity contribution in [1.29, 1.82) is 0 Å². The first kappa shape index (κ1) is 15.8. The van der Waals surface area contributed by atoms with Crippen molar-refractivity contribution in [2.75, 3.05) is 13.1 Å². The summed E-state index contributed by atoms with van der Waals surface area (Å²) in [6.07, 6.45) is 3.46. The minimum absolute atomic E-state index is 0.174. The average molecular weight is 338 g/mol. The molecule has 4 rings (SSSR count). The summed E-state index contributed by atoms with van der Waals surface area (Å²) in [4.78, 5) is 19.1. The van der Waals surface area contributed by atoms with Gasteiger partial charge in [-0.05, 0) is 25.5 Å². The van der Waals surface area contributed by atoms with E-state index in [1.807, 2.05) is 54.0 Å². The van der Waals surface area contributed by atoms with Gasteiger partial charge < -0.3 is 9.47 Å². The summed E-state index contributed by atoms with van der Waals surface area (Å²) in [6.45, 7) is 4.11. The first-order valence-electron chi connectivity index (χ1n) is 8.67. The second-order valence-corrected chi connectivity index (χ2v) is 6.73. The fourth-order valence-corrected chi connectivity index (χ4v) is 3.65. The number of hydrogen-bond acceptors (Lipinski definition) is 4. The van der Waals surface area contributed by atoms with Crippen LogP contribution in [-0.2, 0) is 18.4 Å². The van der Waals surface area contributed by atoms with E-state index in [1.54, 1.807) is 0 Å². The molecule has 0 aliphatic carbocycles. The third kappa shape index (κ3) is 3.01. The van der Waals surface area contributed by atoms with E-state index in [-0.39, 0.29) is 5.91 Å². The minimum atomic E-state index is 0.174. The van der Waals surface area contributed by atoms with Crippen molar-refractivity contribution in [3.05, 3.63) is 42.0 Å². The van der Waals surface area contributed by atoms with E-state index in [0.29, 0.717) is 18.9 Å². The van der Waals surface area contributed by atoms with E-state index < -0.39 is 0 Å². The number of rotatable bonds is 4. The molecule has 1 aliphatic heterocycles. The van der Waals surface area contributed by atoms with Crippen molar-refractivity contribution in [2.45, 2.75) is 32.2 Å². The van der Waals surface area contributed by atoms with Crippen LogP contribution in [0, 0.1) is 6.92 Å². The maximum absolute atomic E-state index is 12.6. The standard InChI is InChI=1S/C18H22N6O/c1-13-11-22(2)18(19-13)14-7-9-23(12-14)17(25)8-10-24-16-6-4-3-5-15(16)20-21-24/h3-6,11,14H,7-10,12H2,1-2H3/t14-/m0/s1. The molecule has 0 bridgehead atoms. The summed E-state index contributed by atoms with van der Waals surface area (Å²) in [5, 5.41) is 8.29. The smallest absolute Gasteiger partial charge is 0.224 e. The number of amides is 1. The van der Waals surface area contributed by atoms with Crippen molar-refractivity contribution in [1.82, 2.24) is 29.4 Å². The van der Waals surface area contributed by atoms with Crippen LogP contribution in [-0.4, -0.2) is 48.4 Å². The van der Waals surface area contributed by atoms with E-state index in [2.05, 4.69) is 19.9 Å². The Balaban J connectivity index is 1.38. The number of aryl methyl sites for hydroxylation is 3. The Kier molecular flexibility index (Phi) is 3.99. The third-order valence-electron chi connectivity index (χ3n) is 4.90. The Hall–Kier alpha value is -2.70. The molecule has 0 radical (unpaired) electrons. The van der Waals surface area contributed by atoms with Gasteiger partial charge in [0.2, 0.25) is 5.91 Å². The molecule has 25 heavy (non-hydrogen) atoms. The lowest BCUT2D eigenvalue weighted by Crippen LogP contribution is -2.29. The van der Waals surface area contributed by atoms with Gasteiger partial charge in [-0.25, -0.2) is 9.67 Å². The highest BCUT2D eigenvalue weighted by Crippen LogP contribution is 2.26. The molecule has 130 valence electrons. The number of aromatic nitrogens is 5. The highest BCUT2D eigenvalue weighted by molar-refractivity contribution is 5.77. The van der Waals surface area contributed by atoms with Crippen LogP contribution in [0.1, 0.15) is 30.3 Å². The second kappa shape index (κ2) is 6.31.